The molecule has 3 heteroatoms. The molecular weight excluding hydrogens is 214 g/mol. The lowest BCUT2D eigenvalue weighted by atomic mass is 10.1. The van der Waals surface area contributed by atoms with Crippen molar-refractivity contribution in [2.24, 2.45) is 0 Å². The summed E-state index contributed by atoms with van der Waals surface area (Å²) in [4.78, 5) is 15.5. The van der Waals surface area contributed by atoms with E-state index in [4.69, 9.17) is 0 Å². The number of hydrogen-bond acceptors (Lipinski definition) is 3. The maximum absolute atomic E-state index is 11.3. The van der Waals surface area contributed by atoms with Crippen molar-refractivity contribution in [2.75, 3.05) is 7.11 Å². The molecule has 0 N–H and O–H groups in total. The van der Waals surface area contributed by atoms with Gasteiger partial charge in [-0.2, -0.15) is 0 Å². The van der Waals surface area contributed by atoms with Crippen LogP contribution in [-0.2, 0) is 4.74 Å². The number of rotatable bonds is 1. The molecule has 1 heterocycles. The Kier molecular flexibility index (Phi) is 4.64. The molecule has 2 aromatic rings. The highest BCUT2D eigenvalue weighted by atomic mass is 16.5. The molecule has 0 amide bonds. The van der Waals surface area contributed by atoms with E-state index in [1.165, 1.54) is 7.11 Å². The van der Waals surface area contributed by atoms with Gasteiger partial charge in [-0.1, -0.05) is 13.8 Å². The number of carbonyl (C=O) groups is 1. The molecule has 0 saturated heterocycles. The normalized spacial score (nSPS) is 9.41. The lowest BCUT2D eigenvalue weighted by Crippen LogP contribution is -2.00. The molecule has 1 aromatic carbocycles. The number of aromatic nitrogens is 1. The summed E-state index contributed by atoms with van der Waals surface area (Å²) in [6, 6.07) is 7.28. The predicted molar refractivity (Wildman–Crippen MR) is 69.2 cm³/mol. The zero-order valence-electron chi connectivity index (χ0n) is 10.7. The van der Waals surface area contributed by atoms with Crippen molar-refractivity contribution in [1.29, 1.82) is 0 Å². The second-order valence-electron chi connectivity index (χ2n) is 3.35. The van der Waals surface area contributed by atoms with E-state index in [0.29, 0.717) is 5.56 Å². The third kappa shape index (κ3) is 2.81. The van der Waals surface area contributed by atoms with Gasteiger partial charge in [0.1, 0.15) is 0 Å². The average Bonchev–Trinajstić information content (AvgIpc) is 2.40. The van der Waals surface area contributed by atoms with E-state index in [1.54, 1.807) is 12.3 Å². The van der Waals surface area contributed by atoms with Crippen molar-refractivity contribution < 1.29 is 9.53 Å². The van der Waals surface area contributed by atoms with Crippen molar-refractivity contribution >= 4 is 16.9 Å². The number of benzene rings is 1. The smallest absolute Gasteiger partial charge is 0.337 e. The molecule has 0 aliphatic rings. The molecule has 1 aromatic heterocycles. The molecule has 0 aliphatic heterocycles. The quantitative estimate of drug-likeness (QED) is 0.706. The van der Waals surface area contributed by atoms with E-state index in [9.17, 15) is 4.79 Å². The van der Waals surface area contributed by atoms with E-state index >= 15 is 0 Å². The maximum atomic E-state index is 11.3. The SMILES string of the molecule is CC.COC(=O)c1ccc2nccc(C)c2c1. The summed E-state index contributed by atoms with van der Waals surface area (Å²) in [5.74, 6) is -0.319. The van der Waals surface area contributed by atoms with Crippen LogP contribution in [0.5, 0.6) is 0 Å². The topological polar surface area (TPSA) is 39.2 Å². The van der Waals surface area contributed by atoms with Gasteiger partial charge >= 0.3 is 5.97 Å². The van der Waals surface area contributed by atoms with Crippen LogP contribution in [0, 0.1) is 6.92 Å². The largest absolute Gasteiger partial charge is 0.465 e. The summed E-state index contributed by atoms with van der Waals surface area (Å²) in [5, 5.41) is 0.986. The van der Waals surface area contributed by atoms with Crippen LogP contribution >= 0.6 is 0 Å². The minimum atomic E-state index is -0.319. The van der Waals surface area contributed by atoms with E-state index in [-0.39, 0.29) is 5.97 Å². The van der Waals surface area contributed by atoms with Gasteiger partial charge in [0.2, 0.25) is 0 Å². The molecule has 0 spiro atoms. The molecule has 2 rings (SSSR count). The van der Waals surface area contributed by atoms with Crippen LogP contribution in [0.15, 0.2) is 30.5 Å². The first kappa shape index (κ1) is 13.2. The Balaban J connectivity index is 0.000000686. The number of methoxy groups -OCH3 is 1. The van der Waals surface area contributed by atoms with Crippen molar-refractivity contribution in [3.63, 3.8) is 0 Å². The molecule has 0 radical (unpaired) electrons. The molecule has 0 unspecified atom stereocenters. The highest BCUT2D eigenvalue weighted by Gasteiger charge is 2.06. The summed E-state index contributed by atoms with van der Waals surface area (Å²) < 4.78 is 4.67. The zero-order chi connectivity index (χ0) is 12.8. The first-order valence-corrected chi connectivity index (χ1v) is 5.66. The van der Waals surface area contributed by atoms with E-state index in [2.05, 4.69) is 9.72 Å². The van der Waals surface area contributed by atoms with Gasteiger partial charge in [0.15, 0.2) is 0 Å². The highest BCUT2D eigenvalue weighted by molar-refractivity contribution is 5.95. The van der Waals surface area contributed by atoms with Crippen LogP contribution < -0.4 is 0 Å². The van der Waals surface area contributed by atoms with Gasteiger partial charge in [0, 0.05) is 11.6 Å². The predicted octanol–water partition coefficient (Wildman–Crippen LogP) is 3.36. The van der Waals surface area contributed by atoms with Crippen LogP contribution in [-0.4, -0.2) is 18.1 Å². The van der Waals surface area contributed by atoms with Gasteiger partial charge in [-0.25, -0.2) is 4.79 Å². The Hall–Kier alpha value is -1.90. The Morgan fingerprint density at radius 3 is 2.59 bits per heavy atom. The molecular formula is C14H17NO2. The number of carbonyl (C=O) groups excluding carboxylic acids is 1. The van der Waals surface area contributed by atoms with Gasteiger partial charge in [0.05, 0.1) is 18.2 Å². The number of ether oxygens (including phenoxy) is 1. The van der Waals surface area contributed by atoms with E-state index in [1.807, 2.05) is 39.0 Å². The fourth-order valence-electron chi connectivity index (χ4n) is 1.53. The molecule has 0 atom stereocenters. The Morgan fingerprint density at radius 1 is 1.24 bits per heavy atom. The summed E-state index contributed by atoms with van der Waals surface area (Å²) in [6.07, 6.45) is 1.76. The maximum Gasteiger partial charge on any atom is 0.337 e. The van der Waals surface area contributed by atoms with Crippen molar-refractivity contribution in [1.82, 2.24) is 4.98 Å². The first-order valence-electron chi connectivity index (χ1n) is 5.66. The third-order valence-electron chi connectivity index (χ3n) is 2.38. The van der Waals surface area contributed by atoms with Gasteiger partial charge in [-0.3, -0.25) is 4.98 Å². The summed E-state index contributed by atoms with van der Waals surface area (Å²) in [6.45, 7) is 5.99. The van der Waals surface area contributed by atoms with Crippen LogP contribution in [0.3, 0.4) is 0 Å². The lowest BCUT2D eigenvalue weighted by Gasteiger charge is -2.03. The van der Waals surface area contributed by atoms with Crippen molar-refractivity contribution in [3.8, 4) is 0 Å². The van der Waals surface area contributed by atoms with Gasteiger partial charge in [-0.05, 0) is 36.8 Å². The standard InChI is InChI=1S/C12H11NO2.C2H6/c1-8-5-6-13-11-4-3-9(7-10(8)11)12(14)15-2;1-2/h3-7H,1-2H3;1-2H3. The molecule has 0 bridgehead atoms. The first-order chi connectivity index (χ1) is 8.22. The van der Waals surface area contributed by atoms with Crippen LogP contribution in [0.1, 0.15) is 29.8 Å². The monoisotopic (exact) mass is 231 g/mol. The van der Waals surface area contributed by atoms with E-state index < -0.39 is 0 Å². The number of hydrogen-bond donors (Lipinski definition) is 0. The Bertz CT molecular complexity index is 521. The van der Waals surface area contributed by atoms with Gasteiger partial charge in [0.25, 0.3) is 0 Å². The number of fused-ring (bicyclic) bond motifs is 1. The van der Waals surface area contributed by atoms with Crippen LogP contribution in [0.2, 0.25) is 0 Å². The second kappa shape index (κ2) is 5.99. The lowest BCUT2D eigenvalue weighted by molar-refractivity contribution is 0.0601. The van der Waals surface area contributed by atoms with Gasteiger partial charge < -0.3 is 4.74 Å². The highest BCUT2D eigenvalue weighted by Crippen LogP contribution is 2.17. The number of pyridine rings is 1. The molecule has 17 heavy (non-hydrogen) atoms. The minimum absolute atomic E-state index is 0.319. The molecule has 0 aliphatic carbocycles. The summed E-state index contributed by atoms with van der Waals surface area (Å²) in [5.41, 5.74) is 2.55. The molecule has 0 saturated carbocycles. The van der Waals surface area contributed by atoms with Crippen LogP contribution in [0.25, 0.3) is 10.9 Å². The fraction of sp³-hybridized carbons (Fsp3) is 0.286. The molecule has 0 fully saturated rings. The molecule has 90 valence electrons. The van der Waals surface area contributed by atoms with Crippen molar-refractivity contribution in [2.45, 2.75) is 20.8 Å². The zero-order valence-corrected chi connectivity index (χ0v) is 10.7. The summed E-state index contributed by atoms with van der Waals surface area (Å²) >= 11 is 0. The van der Waals surface area contributed by atoms with Crippen molar-refractivity contribution in [3.05, 3.63) is 41.6 Å². The molecule has 3 nitrogen and oxygen atoms in total. The van der Waals surface area contributed by atoms with Crippen LogP contribution in [0.4, 0.5) is 0 Å². The third-order valence-corrected chi connectivity index (χ3v) is 2.38. The number of nitrogens with zero attached hydrogens (tertiary/aromatic N) is 1. The van der Waals surface area contributed by atoms with Gasteiger partial charge in [-0.15, -0.1) is 0 Å². The number of aryl methyl sites for hydroxylation is 1. The average molecular weight is 231 g/mol. The minimum Gasteiger partial charge on any atom is -0.465 e. The Morgan fingerprint density at radius 2 is 1.94 bits per heavy atom. The number of esters is 1. The second-order valence-corrected chi connectivity index (χ2v) is 3.35. The van der Waals surface area contributed by atoms with E-state index in [0.717, 1.165) is 16.5 Å². The fourth-order valence-corrected chi connectivity index (χ4v) is 1.53. The Labute approximate surface area is 101 Å². The summed E-state index contributed by atoms with van der Waals surface area (Å²) in [7, 11) is 1.38.